The smallest absolute Gasteiger partial charge is 0.160 e. The first-order valence-corrected chi connectivity index (χ1v) is 5.43. The van der Waals surface area contributed by atoms with Gasteiger partial charge in [0.25, 0.3) is 0 Å². The van der Waals surface area contributed by atoms with Gasteiger partial charge in [0.1, 0.15) is 0 Å². The fourth-order valence-electron chi connectivity index (χ4n) is 0.798. The van der Waals surface area contributed by atoms with Crippen molar-refractivity contribution in [1.29, 1.82) is 0 Å². The number of carbonyl (C=O) groups excluding carboxylic acids is 1. The zero-order valence-corrected chi connectivity index (χ0v) is 10.7. The summed E-state index contributed by atoms with van der Waals surface area (Å²) in [7, 11) is 0. The van der Waals surface area contributed by atoms with Crippen molar-refractivity contribution in [3.8, 4) is 0 Å². The Bertz CT molecular complexity index is 338. The highest BCUT2D eigenvalue weighted by Crippen LogP contribution is 2.29. The molecule has 0 atom stereocenters. The highest BCUT2D eigenvalue weighted by atomic mass is 127. The van der Waals surface area contributed by atoms with Crippen molar-refractivity contribution in [1.82, 2.24) is 0 Å². The van der Waals surface area contributed by atoms with Gasteiger partial charge in [0.05, 0.1) is 5.02 Å². The summed E-state index contributed by atoms with van der Waals surface area (Å²) >= 11 is 11.3. The maximum Gasteiger partial charge on any atom is 0.160 e. The van der Waals surface area contributed by atoms with Crippen molar-refractivity contribution in [2.45, 2.75) is 6.92 Å². The van der Waals surface area contributed by atoms with Crippen molar-refractivity contribution in [2.24, 2.45) is 0 Å². The van der Waals surface area contributed by atoms with E-state index in [1.807, 2.05) is 0 Å². The van der Waals surface area contributed by atoms with Gasteiger partial charge in [-0.25, -0.2) is 0 Å². The van der Waals surface area contributed by atoms with Crippen LogP contribution >= 0.6 is 50.1 Å². The van der Waals surface area contributed by atoms with Crippen molar-refractivity contribution >= 4 is 55.9 Å². The molecule has 0 aliphatic carbocycles. The Morgan fingerprint density at radius 3 is 2.67 bits per heavy atom. The molecule has 0 amide bonds. The summed E-state index contributed by atoms with van der Waals surface area (Å²) in [6.45, 7) is 1.53. The lowest BCUT2D eigenvalue weighted by molar-refractivity contribution is 0.101. The lowest BCUT2D eigenvalue weighted by atomic mass is 10.1. The molecule has 0 heterocycles. The lowest BCUT2D eigenvalue weighted by Crippen LogP contribution is -1.95. The van der Waals surface area contributed by atoms with Crippen LogP contribution in [0.1, 0.15) is 17.3 Å². The van der Waals surface area contributed by atoms with E-state index in [9.17, 15) is 4.79 Å². The number of ketones is 1. The molecule has 64 valence electrons. The topological polar surface area (TPSA) is 17.1 Å². The first kappa shape index (κ1) is 10.5. The predicted octanol–water partition coefficient (Wildman–Crippen LogP) is 3.91. The first-order valence-electron chi connectivity index (χ1n) is 3.18. The predicted molar refractivity (Wildman–Crippen MR) is 61.9 cm³/mol. The fourth-order valence-corrected chi connectivity index (χ4v) is 2.16. The number of rotatable bonds is 1. The van der Waals surface area contributed by atoms with Gasteiger partial charge in [-0.2, -0.15) is 0 Å². The van der Waals surface area contributed by atoms with Crippen LogP contribution in [-0.2, 0) is 0 Å². The van der Waals surface area contributed by atoms with Gasteiger partial charge in [-0.1, -0.05) is 11.6 Å². The van der Waals surface area contributed by atoms with Gasteiger partial charge in [0.15, 0.2) is 5.78 Å². The minimum absolute atomic E-state index is 0.0384. The van der Waals surface area contributed by atoms with Crippen LogP contribution in [0.25, 0.3) is 0 Å². The molecule has 1 rings (SSSR count). The van der Waals surface area contributed by atoms with Crippen LogP contribution in [0.4, 0.5) is 0 Å². The van der Waals surface area contributed by atoms with Crippen LogP contribution in [0.15, 0.2) is 16.6 Å². The molecule has 0 unspecified atom stereocenters. The number of hydrogen-bond acceptors (Lipinski definition) is 1. The summed E-state index contributed by atoms with van der Waals surface area (Å²) in [5, 5.41) is 0.660. The molecule has 0 spiro atoms. The third-order valence-corrected chi connectivity index (χ3v) is 4.73. The number of hydrogen-bond donors (Lipinski definition) is 0. The van der Waals surface area contributed by atoms with Crippen LogP contribution in [-0.4, -0.2) is 5.78 Å². The van der Waals surface area contributed by atoms with E-state index in [1.54, 1.807) is 12.1 Å². The molecule has 1 aromatic carbocycles. The third kappa shape index (κ3) is 2.00. The molecule has 0 N–H and O–H groups in total. The summed E-state index contributed by atoms with van der Waals surface area (Å²) in [5.41, 5.74) is 0.670. The van der Waals surface area contributed by atoms with Gasteiger partial charge in [-0.15, -0.1) is 0 Å². The Morgan fingerprint density at radius 2 is 2.17 bits per heavy atom. The van der Waals surface area contributed by atoms with E-state index in [-0.39, 0.29) is 5.78 Å². The third-order valence-electron chi connectivity index (χ3n) is 1.41. The molecular weight excluding hydrogens is 354 g/mol. The van der Waals surface area contributed by atoms with Gasteiger partial charge >= 0.3 is 0 Å². The van der Waals surface area contributed by atoms with Crippen LogP contribution in [0.3, 0.4) is 0 Å². The van der Waals surface area contributed by atoms with Crippen LogP contribution in [0.5, 0.6) is 0 Å². The summed E-state index contributed by atoms with van der Waals surface area (Å²) in [6.07, 6.45) is 0. The molecule has 0 saturated heterocycles. The van der Waals surface area contributed by atoms with E-state index < -0.39 is 0 Å². The summed E-state index contributed by atoms with van der Waals surface area (Å²) in [6, 6.07) is 3.45. The number of carbonyl (C=O) groups is 1. The van der Waals surface area contributed by atoms with Gasteiger partial charge < -0.3 is 0 Å². The molecule has 0 aliphatic heterocycles. The highest BCUT2D eigenvalue weighted by molar-refractivity contribution is 14.1. The van der Waals surface area contributed by atoms with Crippen molar-refractivity contribution < 1.29 is 4.79 Å². The Morgan fingerprint density at radius 1 is 1.58 bits per heavy atom. The fraction of sp³-hybridized carbons (Fsp3) is 0.125. The van der Waals surface area contributed by atoms with Crippen molar-refractivity contribution in [3.63, 3.8) is 0 Å². The number of Topliss-reactive ketones (excluding diaryl/α,β-unsaturated/α-hetero) is 1. The summed E-state index contributed by atoms with van der Waals surface area (Å²) < 4.78 is 1.66. The number of halogens is 3. The molecule has 0 saturated carbocycles. The molecular formula is C8H5BrClIO. The van der Waals surface area contributed by atoms with Crippen molar-refractivity contribution in [2.75, 3.05) is 0 Å². The zero-order chi connectivity index (χ0) is 9.30. The van der Waals surface area contributed by atoms with E-state index >= 15 is 0 Å². The maximum atomic E-state index is 11.1. The highest BCUT2D eigenvalue weighted by Gasteiger charge is 2.10. The van der Waals surface area contributed by atoms with Crippen LogP contribution in [0, 0.1) is 3.57 Å². The normalized spacial score (nSPS) is 10.0. The minimum Gasteiger partial charge on any atom is -0.294 e. The SMILES string of the molecule is CC(=O)c1ccc(Cl)c(I)c1Br. The molecule has 4 heteroatoms. The van der Waals surface area contributed by atoms with Gasteiger partial charge in [-0.3, -0.25) is 4.79 Å². The Labute approximate surface area is 97.8 Å². The molecule has 0 bridgehead atoms. The molecule has 1 aromatic rings. The van der Waals surface area contributed by atoms with E-state index in [2.05, 4.69) is 38.5 Å². The monoisotopic (exact) mass is 358 g/mol. The molecule has 0 radical (unpaired) electrons. The van der Waals surface area contributed by atoms with Crippen molar-refractivity contribution in [3.05, 3.63) is 30.8 Å². The van der Waals surface area contributed by atoms with E-state index in [1.165, 1.54) is 6.92 Å². The Hall–Kier alpha value is 0.390. The second-order valence-electron chi connectivity index (χ2n) is 2.28. The molecule has 12 heavy (non-hydrogen) atoms. The van der Waals surface area contributed by atoms with Crippen LogP contribution < -0.4 is 0 Å². The summed E-state index contributed by atoms with van der Waals surface area (Å²) in [5.74, 6) is 0.0384. The number of benzene rings is 1. The summed E-state index contributed by atoms with van der Waals surface area (Å²) in [4.78, 5) is 11.1. The lowest BCUT2D eigenvalue weighted by Gasteiger charge is -2.03. The molecule has 1 nitrogen and oxygen atoms in total. The van der Waals surface area contributed by atoms with Gasteiger partial charge in [0, 0.05) is 13.6 Å². The van der Waals surface area contributed by atoms with Gasteiger partial charge in [-0.05, 0) is 57.6 Å². The second-order valence-corrected chi connectivity index (χ2v) is 4.56. The minimum atomic E-state index is 0.0384. The maximum absolute atomic E-state index is 11.1. The van der Waals surface area contributed by atoms with E-state index in [4.69, 9.17) is 11.6 Å². The average Bonchev–Trinajstić information content (AvgIpc) is 2.00. The Kier molecular flexibility index (Phi) is 3.55. The van der Waals surface area contributed by atoms with E-state index in [0.29, 0.717) is 10.6 Å². The second kappa shape index (κ2) is 4.07. The average molecular weight is 359 g/mol. The molecule has 0 fully saturated rings. The molecule has 0 aromatic heterocycles. The standard InChI is InChI=1S/C8H5BrClIO/c1-4(12)5-2-3-6(10)8(11)7(5)9/h2-3H,1H3. The quantitative estimate of drug-likeness (QED) is 0.422. The first-order chi connectivity index (χ1) is 5.54. The largest absolute Gasteiger partial charge is 0.294 e. The van der Waals surface area contributed by atoms with E-state index in [0.717, 1.165) is 8.04 Å². The molecule has 0 aliphatic rings. The Balaban J connectivity index is 3.36. The zero-order valence-electron chi connectivity index (χ0n) is 6.20. The van der Waals surface area contributed by atoms with Gasteiger partial charge in [0.2, 0.25) is 0 Å². The van der Waals surface area contributed by atoms with Crippen LogP contribution in [0.2, 0.25) is 5.02 Å².